The summed E-state index contributed by atoms with van der Waals surface area (Å²) >= 11 is 0. The van der Waals surface area contributed by atoms with E-state index in [-0.39, 0.29) is 24.0 Å². The van der Waals surface area contributed by atoms with Crippen molar-refractivity contribution < 1.29 is 14.4 Å². The van der Waals surface area contributed by atoms with Crippen LogP contribution in [0.15, 0.2) is 48.5 Å². The molecule has 0 fully saturated rings. The Morgan fingerprint density at radius 1 is 1.10 bits per heavy atom. The normalized spacial score (nSPS) is 15.0. The van der Waals surface area contributed by atoms with Crippen LogP contribution in [0.5, 0.6) is 0 Å². The van der Waals surface area contributed by atoms with Crippen molar-refractivity contribution in [2.45, 2.75) is 26.3 Å². The molecular formula is C21H19N5O3. The number of rotatable bonds is 5. The van der Waals surface area contributed by atoms with Crippen LogP contribution in [0.2, 0.25) is 0 Å². The summed E-state index contributed by atoms with van der Waals surface area (Å²) in [6, 6.07) is 13.6. The summed E-state index contributed by atoms with van der Waals surface area (Å²) < 4.78 is 1.45. The Kier molecular flexibility index (Phi) is 4.67. The summed E-state index contributed by atoms with van der Waals surface area (Å²) in [6.07, 6.45) is -0.0794. The first-order chi connectivity index (χ1) is 13.9. The molecule has 2 amide bonds. The fraction of sp³-hybridized carbons (Fsp3) is 0.190. The van der Waals surface area contributed by atoms with Crippen molar-refractivity contribution in [1.29, 1.82) is 0 Å². The smallest absolute Gasteiger partial charge is 0.252 e. The number of fused-ring (bicyclic) bond motifs is 1. The molecule has 1 aliphatic rings. The first-order valence-electron chi connectivity index (χ1n) is 9.16. The molecule has 0 radical (unpaired) electrons. The molecule has 4 rings (SSSR count). The molecule has 2 aromatic carbocycles. The zero-order chi connectivity index (χ0) is 20.5. The third-order valence-electron chi connectivity index (χ3n) is 4.73. The molecule has 8 nitrogen and oxygen atoms in total. The van der Waals surface area contributed by atoms with Gasteiger partial charge in [0.05, 0.1) is 6.42 Å². The molecule has 1 unspecified atom stereocenters. The Morgan fingerprint density at radius 3 is 2.45 bits per heavy atom. The lowest BCUT2D eigenvalue weighted by atomic mass is 10.1. The number of amides is 2. The molecule has 3 aromatic rings. The maximum Gasteiger partial charge on any atom is 0.252 e. The molecular weight excluding hydrogens is 370 g/mol. The zero-order valence-corrected chi connectivity index (χ0v) is 16.0. The molecule has 1 aromatic heterocycles. The molecule has 1 aliphatic heterocycles. The van der Waals surface area contributed by atoms with Crippen molar-refractivity contribution in [3.8, 4) is 11.4 Å². The summed E-state index contributed by atoms with van der Waals surface area (Å²) in [5.74, 6) is 0.117. The third-order valence-corrected chi connectivity index (χ3v) is 4.73. The largest absolute Gasteiger partial charge is 0.326 e. The fourth-order valence-electron chi connectivity index (χ4n) is 3.11. The molecule has 146 valence electrons. The maximum atomic E-state index is 12.4. The van der Waals surface area contributed by atoms with Crippen LogP contribution in [0.3, 0.4) is 0 Å². The molecule has 0 bridgehead atoms. The maximum absolute atomic E-state index is 12.4. The summed E-state index contributed by atoms with van der Waals surface area (Å²) in [5.41, 5.74) is 3.08. The lowest BCUT2D eigenvalue weighted by Crippen LogP contribution is -2.23. The van der Waals surface area contributed by atoms with Crippen LogP contribution in [-0.2, 0) is 9.59 Å². The number of aromatic nitrogens is 3. The van der Waals surface area contributed by atoms with Crippen molar-refractivity contribution >= 4 is 29.2 Å². The van der Waals surface area contributed by atoms with Gasteiger partial charge in [-0.15, -0.1) is 5.10 Å². The Labute approximate surface area is 167 Å². The van der Waals surface area contributed by atoms with E-state index in [0.717, 1.165) is 11.1 Å². The van der Waals surface area contributed by atoms with Crippen molar-refractivity contribution in [2.24, 2.45) is 0 Å². The summed E-state index contributed by atoms with van der Waals surface area (Å²) in [5, 5.41) is 9.83. The van der Waals surface area contributed by atoms with Gasteiger partial charge in [0.2, 0.25) is 11.9 Å². The van der Waals surface area contributed by atoms with Crippen molar-refractivity contribution in [2.75, 3.05) is 10.6 Å². The van der Waals surface area contributed by atoms with Gasteiger partial charge >= 0.3 is 0 Å². The van der Waals surface area contributed by atoms with E-state index in [9.17, 15) is 14.4 Å². The molecule has 1 atom stereocenters. The van der Waals surface area contributed by atoms with Crippen LogP contribution in [0.25, 0.3) is 11.4 Å². The van der Waals surface area contributed by atoms with E-state index in [2.05, 4.69) is 20.7 Å². The average molecular weight is 389 g/mol. The SMILES string of the molecule is CC(=O)c1ccc(NC(=O)CC2C(=O)Nc3nc(-c4ccc(C)cc4)nn32)cc1. The number of carbonyl (C=O) groups is 3. The van der Waals surface area contributed by atoms with Gasteiger partial charge in [0.15, 0.2) is 11.6 Å². The minimum absolute atomic E-state index is 0.0476. The molecule has 2 heterocycles. The number of hydrogen-bond acceptors (Lipinski definition) is 5. The van der Waals surface area contributed by atoms with Crippen LogP contribution in [0.4, 0.5) is 11.6 Å². The van der Waals surface area contributed by atoms with E-state index in [1.807, 2.05) is 31.2 Å². The number of aryl methyl sites for hydroxylation is 1. The number of anilines is 2. The van der Waals surface area contributed by atoms with Crippen LogP contribution < -0.4 is 10.6 Å². The average Bonchev–Trinajstić information content (AvgIpc) is 3.21. The van der Waals surface area contributed by atoms with Gasteiger partial charge < -0.3 is 5.32 Å². The zero-order valence-electron chi connectivity index (χ0n) is 16.0. The number of nitrogens with one attached hydrogen (secondary N) is 2. The number of ketones is 1. The summed E-state index contributed by atoms with van der Waals surface area (Å²) in [6.45, 7) is 3.47. The van der Waals surface area contributed by atoms with Gasteiger partial charge in [-0.25, -0.2) is 4.68 Å². The number of nitrogens with zero attached hydrogens (tertiary/aromatic N) is 3. The minimum Gasteiger partial charge on any atom is -0.326 e. The lowest BCUT2D eigenvalue weighted by molar-refractivity contribution is -0.123. The molecule has 0 spiro atoms. The standard InChI is InChI=1S/C21H19N5O3/c1-12-3-5-15(6-4-12)19-23-21-24-20(29)17(26(21)25-19)11-18(28)22-16-9-7-14(8-10-16)13(2)27/h3-10,17H,11H2,1-2H3,(H,22,28)(H,23,24,25,29). The quantitative estimate of drug-likeness (QED) is 0.653. The van der Waals surface area contributed by atoms with Gasteiger partial charge in [-0.05, 0) is 38.1 Å². The second-order valence-electron chi connectivity index (χ2n) is 6.96. The molecule has 29 heavy (non-hydrogen) atoms. The van der Waals surface area contributed by atoms with Crippen LogP contribution >= 0.6 is 0 Å². The Hall–Kier alpha value is -3.81. The molecule has 0 saturated carbocycles. The lowest BCUT2D eigenvalue weighted by Gasteiger charge is -2.10. The predicted octanol–water partition coefficient (Wildman–Crippen LogP) is 2.98. The Bertz CT molecular complexity index is 1100. The second-order valence-corrected chi connectivity index (χ2v) is 6.96. The fourth-order valence-corrected chi connectivity index (χ4v) is 3.11. The van der Waals surface area contributed by atoms with Crippen LogP contribution in [0, 0.1) is 6.92 Å². The second kappa shape index (κ2) is 7.31. The van der Waals surface area contributed by atoms with E-state index in [1.54, 1.807) is 24.3 Å². The highest BCUT2D eigenvalue weighted by Crippen LogP contribution is 2.28. The van der Waals surface area contributed by atoms with E-state index >= 15 is 0 Å². The van der Waals surface area contributed by atoms with Crippen molar-refractivity contribution in [1.82, 2.24) is 14.8 Å². The van der Waals surface area contributed by atoms with E-state index in [4.69, 9.17) is 0 Å². The minimum atomic E-state index is -0.770. The van der Waals surface area contributed by atoms with Crippen molar-refractivity contribution in [3.05, 3.63) is 59.7 Å². The molecule has 0 aliphatic carbocycles. The van der Waals surface area contributed by atoms with Gasteiger partial charge in [-0.2, -0.15) is 4.98 Å². The first kappa shape index (κ1) is 18.5. The highest BCUT2D eigenvalue weighted by Gasteiger charge is 2.35. The predicted molar refractivity (Wildman–Crippen MR) is 108 cm³/mol. The van der Waals surface area contributed by atoms with Crippen LogP contribution in [0.1, 0.15) is 35.3 Å². The topological polar surface area (TPSA) is 106 Å². The van der Waals surface area contributed by atoms with Gasteiger partial charge in [0.1, 0.15) is 6.04 Å². The van der Waals surface area contributed by atoms with Gasteiger partial charge in [-0.3, -0.25) is 19.7 Å². The van der Waals surface area contributed by atoms with Crippen molar-refractivity contribution in [3.63, 3.8) is 0 Å². The molecule has 2 N–H and O–H groups in total. The summed E-state index contributed by atoms with van der Waals surface area (Å²) in [4.78, 5) is 40.4. The number of benzene rings is 2. The van der Waals surface area contributed by atoms with Gasteiger partial charge in [-0.1, -0.05) is 29.8 Å². The Morgan fingerprint density at radius 2 is 1.79 bits per heavy atom. The van der Waals surface area contributed by atoms with E-state index in [1.165, 1.54) is 11.6 Å². The number of Topliss-reactive ketones (excluding diaryl/α,β-unsaturated/α-hetero) is 1. The summed E-state index contributed by atoms with van der Waals surface area (Å²) in [7, 11) is 0. The van der Waals surface area contributed by atoms with E-state index < -0.39 is 6.04 Å². The van der Waals surface area contributed by atoms with Gasteiger partial charge in [0.25, 0.3) is 5.91 Å². The van der Waals surface area contributed by atoms with Gasteiger partial charge in [0, 0.05) is 16.8 Å². The van der Waals surface area contributed by atoms with Crippen LogP contribution in [-0.4, -0.2) is 32.4 Å². The monoisotopic (exact) mass is 389 g/mol. The highest BCUT2D eigenvalue weighted by molar-refractivity contribution is 6.01. The third kappa shape index (κ3) is 3.77. The molecule has 0 saturated heterocycles. The number of hydrogen-bond donors (Lipinski definition) is 2. The first-order valence-corrected chi connectivity index (χ1v) is 9.16. The number of carbonyl (C=O) groups excluding carboxylic acids is 3. The van der Waals surface area contributed by atoms with E-state index in [0.29, 0.717) is 23.0 Å². The highest BCUT2D eigenvalue weighted by atomic mass is 16.2. The Balaban J connectivity index is 1.48. The molecule has 8 heteroatoms.